The van der Waals surface area contributed by atoms with Crippen molar-refractivity contribution in [3.05, 3.63) is 0 Å². The second kappa shape index (κ2) is 4.04. The monoisotopic (exact) mass is 159 g/mol. The Morgan fingerprint density at radius 3 is 2.36 bits per heavy atom. The van der Waals surface area contributed by atoms with Crippen LogP contribution in [0.5, 0.6) is 0 Å². The molecule has 0 unspecified atom stereocenters. The van der Waals surface area contributed by atoms with Crippen LogP contribution in [-0.2, 0) is 0 Å². The van der Waals surface area contributed by atoms with Gasteiger partial charge in [0, 0.05) is 12.1 Å². The third-order valence-corrected chi connectivity index (χ3v) is 2.24. The van der Waals surface area contributed by atoms with Gasteiger partial charge in [0.25, 0.3) is 0 Å². The van der Waals surface area contributed by atoms with Gasteiger partial charge in [0.05, 0.1) is 6.61 Å². The third-order valence-electron chi connectivity index (χ3n) is 2.24. The van der Waals surface area contributed by atoms with Crippen LogP contribution in [0.1, 0.15) is 25.7 Å². The summed E-state index contributed by atoms with van der Waals surface area (Å²) < 4.78 is 0. The fourth-order valence-electron chi connectivity index (χ4n) is 1.13. The molecule has 0 atom stereocenters. The van der Waals surface area contributed by atoms with Gasteiger partial charge in [-0.2, -0.15) is 0 Å². The third kappa shape index (κ3) is 2.77. The van der Waals surface area contributed by atoms with Crippen molar-refractivity contribution in [2.24, 2.45) is 0 Å². The van der Waals surface area contributed by atoms with Gasteiger partial charge in [0.1, 0.15) is 0 Å². The van der Waals surface area contributed by atoms with Crippen LogP contribution >= 0.6 is 0 Å². The summed E-state index contributed by atoms with van der Waals surface area (Å²) in [5, 5.41) is 20.7. The molecule has 0 radical (unpaired) electrons. The first-order chi connectivity index (χ1) is 5.33. The van der Waals surface area contributed by atoms with E-state index in [-0.39, 0.29) is 18.8 Å². The van der Waals surface area contributed by atoms with Crippen molar-refractivity contribution in [2.45, 2.75) is 31.2 Å². The van der Waals surface area contributed by atoms with E-state index in [0.717, 1.165) is 32.2 Å². The van der Waals surface area contributed by atoms with E-state index in [4.69, 9.17) is 10.2 Å². The average Bonchev–Trinajstić information content (AvgIpc) is 2.80. The Morgan fingerprint density at radius 2 is 1.91 bits per heavy atom. The minimum atomic E-state index is 0.0649. The molecular weight excluding hydrogens is 142 g/mol. The summed E-state index contributed by atoms with van der Waals surface area (Å²) in [6.45, 7) is 1.45. The maximum Gasteiger partial charge on any atom is 0.0613 e. The molecule has 1 aliphatic carbocycles. The molecule has 0 aromatic heterocycles. The molecular formula is C8H17NO2. The summed E-state index contributed by atoms with van der Waals surface area (Å²) in [6.07, 6.45) is 4.05. The summed E-state index contributed by atoms with van der Waals surface area (Å²) >= 11 is 0. The largest absolute Gasteiger partial charge is 0.396 e. The lowest BCUT2D eigenvalue weighted by Crippen LogP contribution is -2.35. The van der Waals surface area contributed by atoms with E-state index in [0.29, 0.717) is 0 Å². The Bertz CT molecular complexity index is 113. The Hall–Kier alpha value is -0.120. The van der Waals surface area contributed by atoms with E-state index in [1.54, 1.807) is 0 Å². The Morgan fingerprint density at radius 1 is 1.18 bits per heavy atom. The summed E-state index contributed by atoms with van der Waals surface area (Å²) in [5.74, 6) is 0. The van der Waals surface area contributed by atoms with Crippen LogP contribution in [0.3, 0.4) is 0 Å². The summed E-state index contributed by atoms with van der Waals surface area (Å²) in [5.41, 5.74) is 0.0649. The molecule has 1 fully saturated rings. The van der Waals surface area contributed by atoms with Crippen LogP contribution in [0.25, 0.3) is 0 Å². The first kappa shape index (κ1) is 8.97. The van der Waals surface area contributed by atoms with Gasteiger partial charge >= 0.3 is 0 Å². The Kier molecular flexibility index (Phi) is 3.30. The molecule has 1 aliphatic rings. The standard InChI is InChI=1S/C8H17NO2/c10-6-2-1-5-9-8(7-11)3-4-8/h9-11H,1-7H2. The minimum absolute atomic E-state index is 0.0649. The molecule has 0 aliphatic heterocycles. The number of aliphatic hydroxyl groups excluding tert-OH is 2. The molecule has 0 saturated heterocycles. The fraction of sp³-hybridized carbons (Fsp3) is 1.00. The average molecular weight is 159 g/mol. The summed E-state index contributed by atoms with van der Waals surface area (Å²) in [4.78, 5) is 0. The van der Waals surface area contributed by atoms with Crippen molar-refractivity contribution >= 4 is 0 Å². The van der Waals surface area contributed by atoms with E-state index in [2.05, 4.69) is 5.32 Å². The maximum absolute atomic E-state index is 8.90. The van der Waals surface area contributed by atoms with Crippen molar-refractivity contribution in [2.75, 3.05) is 19.8 Å². The highest BCUT2D eigenvalue weighted by Crippen LogP contribution is 2.34. The van der Waals surface area contributed by atoms with Crippen LogP contribution in [0.4, 0.5) is 0 Å². The van der Waals surface area contributed by atoms with Gasteiger partial charge in [0.2, 0.25) is 0 Å². The Labute approximate surface area is 67.4 Å². The molecule has 3 N–H and O–H groups in total. The molecule has 3 heteroatoms. The van der Waals surface area contributed by atoms with Crippen LogP contribution in [0.2, 0.25) is 0 Å². The number of hydrogen-bond acceptors (Lipinski definition) is 3. The molecule has 0 bridgehead atoms. The Balaban J connectivity index is 1.94. The molecule has 0 aromatic carbocycles. The zero-order valence-corrected chi connectivity index (χ0v) is 6.84. The molecule has 1 saturated carbocycles. The van der Waals surface area contributed by atoms with Crippen molar-refractivity contribution < 1.29 is 10.2 Å². The van der Waals surface area contributed by atoms with Gasteiger partial charge in [-0.1, -0.05) is 0 Å². The predicted octanol–water partition coefficient (Wildman–Crippen LogP) is -0.127. The number of aliphatic hydroxyl groups is 2. The van der Waals surface area contributed by atoms with Gasteiger partial charge in [-0.05, 0) is 32.2 Å². The van der Waals surface area contributed by atoms with Gasteiger partial charge < -0.3 is 15.5 Å². The van der Waals surface area contributed by atoms with Crippen LogP contribution < -0.4 is 5.32 Å². The van der Waals surface area contributed by atoms with Gasteiger partial charge in [-0.25, -0.2) is 0 Å². The van der Waals surface area contributed by atoms with Gasteiger partial charge in [0.15, 0.2) is 0 Å². The van der Waals surface area contributed by atoms with Crippen molar-refractivity contribution in [1.29, 1.82) is 0 Å². The number of hydrogen-bond donors (Lipinski definition) is 3. The topological polar surface area (TPSA) is 52.5 Å². The second-order valence-corrected chi connectivity index (χ2v) is 3.30. The van der Waals surface area contributed by atoms with Crippen molar-refractivity contribution in [3.63, 3.8) is 0 Å². The normalized spacial score (nSPS) is 20.2. The number of nitrogens with one attached hydrogen (secondary N) is 1. The molecule has 0 aromatic rings. The van der Waals surface area contributed by atoms with Crippen molar-refractivity contribution in [1.82, 2.24) is 5.32 Å². The van der Waals surface area contributed by atoms with Gasteiger partial charge in [-0.15, -0.1) is 0 Å². The molecule has 66 valence electrons. The van der Waals surface area contributed by atoms with Crippen LogP contribution in [-0.4, -0.2) is 35.5 Å². The van der Waals surface area contributed by atoms with E-state index in [1.807, 2.05) is 0 Å². The van der Waals surface area contributed by atoms with E-state index in [9.17, 15) is 0 Å². The summed E-state index contributed by atoms with van der Waals surface area (Å²) in [7, 11) is 0. The molecule has 3 nitrogen and oxygen atoms in total. The SMILES string of the molecule is OCCCCNC1(CO)CC1. The lowest BCUT2D eigenvalue weighted by atomic mass is 10.2. The molecule has 11 heavy (non-hydrogen) atoms. The second-order valence-electron chi connectivity index (χ2n) is 3.30. The lowest BCUT2D eigenvalue weighted by Gasteiger charge is -2.13. The lowest BCUT2D eigenvalue weighted by molar-refractivity contribution is 0.227. The van der Waals surface area contributed by atoms with E-state index < -0.39 is 0 Å². The van der Waals surface area contributed by atoms with Crippen molar-refractivity contribution in [3.8, 4) is 0 Å². The molecule has 0 amide bonds. The zero-order chi connectivity index (χ0) is 8.16. The zero-order valence-electron chi connectivity index (χ0n) is 6.84. The van der Waals surface area contributed by atoms with Gasteiger partial charge in [-0.3, -0.25) is 0 Å². The molecule has 1 rings (SSSR count). The number of unbranched alkanes of at least 4 members (excludes halogenated alkanes) is 1. The van der Waals surface area contributed by atoms with Crippen LogP contribution in [0.15, 0.2) is 0 Å². The molecule has 0 heterocycles. The fourth-order valence-corrected chi connectivity index (χ4v) is 1.13. The quantitative estimate of drug-likeness (QED) is 0.473. The highest BCUT2D eigenvalue weighted by Gasteiger charge is 2.40. The smallest absolute Gasteiger partial charge is 0.0613 e. The predicted molar refractivity (Wildman–Crippen MR) is 43.4 cm³/mol. The minimum Gasteiger partial charge on any atom is -0.396 e. The summed E-state index contributed by atoms with van der Waals surface area (Å²) in [6, 6.07) is 0. The number of rotatable bonds is 6. The molecule has 0 spiro atoms. The highest BCUT2D eigenvalue weighted by molar-refractivity contribution is 5.01. The van der Waals surface area contributed by atoms with E-state index >= 15 is 0 Å². The maximum atomic E-state index is 8.90. The van der Waals surface area contributed by atoms with Crippen LogP contribution in [0, 0.1) is 0 Å². The first-order valence-corrected chi connectivity index (χ1v) is 4.30. The highest BCUT2D eigenvalue weighted by atomic mass is 16.3. The van der Waals surface area contributed by atoms with E-state index in [1.165, 1.54) is 0 Å². The first-order valence-electron chi connectivity index (χ1n) is 4.30.